The predicted molar refractivity (Wildman–Crippen MR) is 111 cm³/mol. The second-order valence-corrected chi connectivity index (χ2v) is 7.15. The molecule has 0 aliphatic carbocycles. The quantitative estimate of drug-likeness (QED) is 0.441. The number of rotatable bonds is 7. The van der Waals surface area contributed by atoms with E-state index >= 15 is 0 Å². The maximum atomic E-state index is 11.3. The van der Waals surface area contributed by atoms with Crippen LogP contribution < -0.4 is 14.8 Å². The number of hydrogen-bond acceptors (Lipinski definition) is 4. The highest BCUT2D eigenvalue weighted by molar-refractivity contribution is 14.1. The zero-order chi connectivity index (χ0) is 20.0. The number of ether oxygens (including phenoxy) is 2. The SMILES string of the molecule is COc1cc(C=C(NC(C)=O)C(=O)O)cc(Cl)c1OCc1cccc(I)c1. The van der Waals surface area contributed by atoms with Gasteiger partial charge in [-0.15, -0.1) is 0 Å². The fourth-order valence-corrected chi connectivity index (χ4v) is 3.13. The summed E-state index contributed by atoms with van der Waals surface area (Å²) in [5, 5.41) is 11.7. The molecular formula is C19H17ClINO5. The molecule has 2 rings (SSSR count). The van der Waals surface area contributed by atoms with E-state index in [0.29, 0.717) is 23.7 Å². The topological polar surface area (TPSA) is 84.9 Å². The van der Waals surface area contributed by atoms with Gasteiger partial charge in [-0.1, -0.05) is 23.7 Å². The number of nitrogens with one attached hydrogen (secondary N) is 1. The van der Waals surface area contributed by atoms with Crippen LogP contribution in [0, 0.1) is 3.57 Å². The smallest absolute Gasteiger partial charge is 0.352 e. The van der Waals surface area contributed by atoms with E-state index < -0.39 is 11.9 Å². The fourth-order valence-electron chi connectivity index (χ4n) is 2.25. The van der Waals surface area contributed by atoms with Gasteiger partial charge in [0.15, 0.2) is 11.5 Å². The molecular weight excluding hydrogens is 485 g/mol. The lowest BCUT2D eigenvalue weighted by molar-refractivity contribution is -0.134. The third-order valence-electron chi connectivity index (χ3n) is 3.38. The second kappa shape index (κ2) is 9.61. The second-order valence-electron chi connectivity index (χ2n) is 5.50. The Labute approximate surface area is 175 Å². The van der Waals surface area contributed by atoms with Crippen molar-refractivity contribution in [3.8, 4) is 11.5 Å². The molecule has 1 amide bonds. The molecule has 0 radical (unpaired) electrons. The molecule has 2 aromatic carbocycles. The maximum Gasteiger partial charge on any atom is 0.352 e. The Morgan fingerprint density at radius 3 is 2.63 bits per heavy atom. The van der Waals surface area contributed by atoms with Gasteiger partial charge in [-0.3, -0.25) is 4.79 Å². The van der Waals surface area contributed by atoms with Gasteiger partial charge in [0.2, 0.25) is 5.91 Å². The van der Waals surface area contributed by atoms with Crippen LogP contribution in [0.25, 0.3) is 6.08 Å². The molecule has 0 aliphatic heterocycles. The van der Waals surface area contributed by atoms with Crippen molar-refractivity contribution in [3.63, 3.8) is 0 Å². The summed E-state index contributed by atoms with van der Waals surface area (Å²) in [5.74, 6) is -1.04. The molecule has 0 atom stereocenters. The van der Waals surface area contributed by atoms with Gasteiger partial charge in [-0.2, -0.15) is 0 Å². The number of carbonyl (C=O) groups excluding carboxylic acids is 1. The lowest BCUT2D eigenvalue weighted by atomic mass is 10.1. The van der Waals surface area contributed by atoms with Crippen LogP contribution in [0.5, 0.6) is 11.5 Å². The largest absolute Gasteiger partial charge is 0.493 e. The van der Waals surface area contributed by atoms with E-state index in [4.69, 9.17) is 21.1 Å². The highest BCUT2D eigenvalue weighted by atomic mass is 127. The number of hydrogen-bond donors (Lipinski definition) is 2. The third-order valence-corrected chi connectivity index (χ3v) is 4.33. The zero-order valence-electron chi connectivity index (χ0n) is 14.6. The average Bonchev–Trinajstić information content (AvgIpc) is 2.59. The number of methoxy groups -OCH3 is 1. The van der Waals surface area contributed by atoms with Gasteiger partial charge >= 0.3 is 5.97 Å². The van der Waals surface area contributed by atoms with Crippen molar-refractivity contribution >= 4 is 52.1 Å². The Bertz CT molecular complexity index is 898. The fraction of sp³-hybridized carbons (Fsp3) is 0.158. The van der Waals surface area contributed by atoms with Crippen LogP contribution in [-0.2, 0) is 16.2 Å². The zero-order valence-corrected chi connectivity index (χ0v) is 17.5. The first-order chi connectivity index (χ1) is 12.8. The normalized spacial score (nSPS) is 11.0. The number of benzene rings is 2. The minimum absolute atomic E-state index is 0.263. The number of amides is 1. The van der Waals surface area contributed by atoms with Crippen molar-refractivity contribution in [1.82, 2.24) is 5.32 Å². The van der Waals surface area contributed by atoms with Gasteiger partial charge < -0.3 is 19.9 Å². The van der Waals surface area contributed by atoms with Crippen molar-refractivity contribution in [3.05, 3.63) is 61.8 Å². The van der Waals surface area contributed by atoms with E-state index in [9.17, 15) is 14.7 Å². The van der Waals surface area contributed by atoms with Gasteiger partial charge in [0.05, 0.1) is 12.1 Å². The summed E-state index contributed by atoms with van der Waals surface area (Å²) in [5.41, 5.74) is 1.15. The minimum atomic E-state index is -1.26. The molecule has 0 aliphatic rings. The molecule has 0 saturated carbocycles. The van der Waals surface area contributed by atoms with Crippen LogP contribution in [-0.4, -0.2) is 24.1 Å². The highest BCUT2D eigenvalue weighted by Crippen LogP contribution is 2.37. The first kappa shape index (κ1) is 21.0. The third kappa shape index (κ3) is 6.14. The Balaban J connectivity index is 2.30. The standard InChI is InChI=1S/C19H17ClINO5/c1-11(23)22-16(19(24)25)8-13-7-15(20)18(17(9-13)26-2)27-10-12-4-3-5-14(21)6-12/h3-9H,10H2,1-2H3,(H,22,23)(H,24,25). The van der Waals surface area contributed by atoms with Crippen molar-refractivity contribution in [1.29, 1.82) is 0 Å². The summed E-state index contributed by atoms with van der Waals surface area (Å²) < 4.78 is 12.2. The molecule has 0 saturated heterocycles. The Morgan fingerprint density at radius 2 is 2.04 bits per heavy atom. The number of carboxylic acid groups (broad SMARTS) is 1. The van der Waals surface area contributed by atoms with Crippen molar-refractivity contribution in [2.24, 2.45) is 0 Å². The van der Waals surface area contributed by atoms with Crippen LogP contribution in [0.4, 0.5) is 0 Å². The molecule has 27 heavy (non-hydrogen) atoms. The van der Waals surface area contributed by atoms with Crippen LogP contribution in [0.1, 0.15) is 18.1 Å². The average molecular weight is 502 g/mol. The molecule has 0 aromatic heterocycles. The molecule has 0 fully saturated rings. The molecule has 0 unspecified atom stereocenters. The molecule has 2 aromatic rings. The van der Waals surface area contributed by atoms with E-state index in [0.717, 1.165) is 9.13 Å². The summed E-state index contributed by atoms with van der Waals surface area (Å²) in [6, 6.07) is 11.0. The monoisotopic (exact) mass is 501 g/mol. The van der Waals surface area contributed by atoms with E-state index in [1.165, 1.54) is 20.1 Å². The summed E-state index contributed by atoms with van der Waals surface area (Å²) >= 11 is 8.53. The predicted octanol–water partition coefficient (Wildman–Crippen LogP) is 4.09. The number of carbonyl (C=O) groups is 2. The van der Waals surface area contributed by atoms with Gasteiger partial charge in [0.1, 0.15) is 12.3 Å². The lowest BCUT2D eigenvalue weighted by Crippen LogP contribution is -2.24. The summed E-state index contributed by atoms with van der Waals surface area (Å²) in [4.78, 5) is 22.4. The molecule has 0 heterocycles. The van der Waals surface area contributed by atoms with Crippen LogP contribution >= 0.6 is 34.2 Å². The maximum absolute atomic E-state index is 11.3. The molecule has 8 heteroatoms. The Morgan fingerprint density at radius 1 is 1.30 bits per heavy atom. The Hall–Kier alpha value is -2.26. The van der Waals surface area contributed by atoms with Gasteiger partial charge in [-0.25, -0.2) is 4.79 Å². The van der Waals surface area contributed by atoms with Gasteiger partial charge in [-0.05, 0) is 64.1 Å². The van der Waals surface area contributed by atoms with Gasteiger partial charge in [0.25, 0.3) is 0 Å². The van der Waals surface area contributed by atoms with E-state index in [1.807, 2.05) is 24.3 Å². The first-order valence-corrected chi connectivity index (χ1v) is 9.23. The van der Waals surface area contributed by atoms with Crippen molar-refractivity contribution in [2.75, 3.05) is 7.11 Å². The van der Waals surface area contributed by atoms with Crippen molar-refractivity contribution in [2.45, 2.75) is 13.5 Å². The molecule has 142 valence electrons. The molecule has 0 bridgehead atoms. The van der Waals surface area contributed by atoms with Gasteiger partial charge in [0, 0.05) is 10.5 Å². The molecule has 6 nitrogen and oxygen atoms in total. The van der Waals surface area contributed by atoms with Crippen LogP contribution in [0.2, 0.25) is 5.02 Å². The van der Waals surface area contributed by atoms with E-state index in [2.05, 4.69) is 27.9 Å². The van der Waals surface area contributed by atoms with E-state index in [1.54, 1.807) is 12.1 Å². The number of carboxylic acids is 1. The summed E-state index contributed by atoms with van der Waals surface area (Å²) in [6.45, 7) is 1.53. The van der Waals surface area contributed by atoms with Crippen molar-refractivity contribution < 1.29 is 24.2 Å². The molecule has 0 spiro atoms. The van der Waals surface area contributed by atoms with E-state index in [-0.39, 0.29) is 10.7 Å². The van der Waals surface area contributed by atoms with Crippen LogP contribution in [0.3, 0.4) is 0 Å². The summed E-state index contributed by atoms with van der Waals surface area (Å²) in [7, 11) is 1.46. The lowest BCUT2D eigenvalue weighted by Gasteiger charge is -2.14. The molecule has 2 N–H and O–H groups in total. The minimum Gasteiger partial charge on any atom is -0.493 e. The number of halogens is 2. The Kier molecular flexibility index (Phi) is 7.49. The van der Waals surface area contributed by atoms with Crippen LogP contribution in [0.15, 0.2) is 42.1 Å². The number of aliphatic carboxylic acids is 1. The summed E-state index contributed by atoms with van der Waals surface area (Å²) in [6.07, 6.45) is 1.29. The first-order valence-electron chi connectivity index (χ1n) is 7.77. The highest BCUT2D eigenvalue weighted by Gasteiger charge is 2.14.